The van der Waals surface area contributed by atoms with E-state index in [4.69, 9.17) is 55.9 Å². The Hall–Kier alpha value is -0.940. The summed E-state index contributed by atoms with van der Waals surface area (Å²) < 4.78 is 11.3. The third-order valence-corrected chi connectivity index (χ3v) is 5.10. The fourth-order valence-electron chi connectivity index (χ4n) is 2.09. The molecule has 0 amide bonds. The van der Waals surface area contributed by atoms with Crippen LogP contribution in [0.3, 0.4) is 0 Å². The predicted molar refractivity (Wildman–Crippen MR) is 98.5 cm³/mol. The van der Waals surface area contributed by atoms with Gasteiger partial charge in [-0.3, -0.25) is 9.97 Å². The molecule has 2 rings (SSSR count). The Bertz CT molecular complexity index is 664. The van der Waals surface area contributed by atoms with Crippen molar-refractivity contribution in [3.05, 3.63) is 42.9 Å². The highest BCUT2D eigenvalue weighted by Crippen LogP contribution is 2.37. The van der Waals surface area contributed by atoms with Crippen LogP contribution in [0.1, 0.15) is 22.8 Å². The van der Waals surface area contributed by atoms with E-state index in [1.165, 1.54) is 0 Å². The van der Waals surface area contributed by atoms with E-state index in [0.29, 0.717) is 54.4 Å². The zero-order valence-electron chi connectivity index (χ0n) is 13.6. The molecule has 0 N–H and O–H groups in total. The summed E-state index contributed by atoms with van der Waals surface area (Å²) in [6.07, 6.45) is 0. The van der Waals surface area contributed by atoms with Gasteiger partial charge >= 0.3 is 0 Å². The van der Waals surface area contributed by atoms with E-state index in [9.17, 15) is 0 Å². The van der Waals surface area contributed by atoms with Crippen molar-refractivity contribution < 1.29 is 9.47 Å². The molecule has 4 nitrogen and oxygen atoms in total. The minimum atomic E-state index is 0.218. The second-order valence-electron chi connectivity index (χ2n) is 5.18. The first-order chi connectivity index (χ1) is 11.2. The van der Waals surface area contributed by atoms with Crippen molar-refractivity contribution >= 4 is 46.4 Å². The molecule has 0 bridgehead atoms. The van der Waals surface area contributed by atoms with Gasteiger partial charge in [0, 0.05) is 0 Å². The first-order valence-electron chi connectivity index (χ1n) is 7.14. The number of pyridine rings is 2. The lowest BCUT2D eigenvalue weighted by Crippen LogP contribution is -2.11. The Labute approximate surface area is 161 Å². The minimum Gasteiger partial charge on any atom is -0.487 e. The van der Waals surface area contributed by atoms with Crippen molar-refractivity contribution in [2.45, 2.75) is 27.7 Å². The number of rotatable bonds is 5. The third kappa shape index (κ3) is 3.99. The molecule has 0 aliphatic carbocycles. The molecule has 2 heterocycles. The number of hydrogen-bond donors (Lipinski definition) is 0. The highest BCUT2D eigenvalue weighted by Gasteiger charge is 2.16. The molecule has 0 spiro atoms. The van der Waals surface area contributed by atoms with Crippen molar-refractivity contribution in [2.24, 2.45) is 0 Å². The quantitative estimate of drug-likeness (QED) is 0.587. The fraction of sp³-hybridized carbons (Fsp3) is 0.375. The van der Waals surface area contributed by atoms with Gasteiger partial charge in [-0.2, -0.15) is 0 Å². The molecule has 0 fully saturated rings. The van der Waals surface area contributed by atoms with Crippen LogP contribution in [-0.4, -0.2) is 23.2 Å². The van der Waals surface area contributed by atoms with Crippen molar-refractivity contribution in [1.82, 2.24) is 9.97 Å². The maximum absolute atomic E-state index is 6.20. The zero-order chi connectivity index (χ0) is 18.0. The Morgan fingerprint density at radius 2 is 0.833 bits per heavy atom. The second-order valence-corrected chi connectivity index (χ2v) is 6.69. The largest absolute Gasteiger partial charge is 0.487 e. The van der Waals surface area contributed by atoms with Crippen LogP contribution in [0, 0.1) is 27.7 Å². The Balaban J connectivity index is 2.08. The Morgan fingerprint density at radius 1 is 0.583 bits per heavy atom. The van der Waals surface area contributed by atoms with Gasteiger partial charge in [0.1, 0.15) is 33.3 Å². The lowest BCUT2D eigenvalue weighted by Gasteiger charge is -2.15. The summed E-state index contributed by atoms with van der Waals surface area (Å²) in [4.78, 5) is 8.47. The van der Waals surface area contributed by atoms with Gasteiger partial charge in [-0.15, -0.1) is 0 Å². The molecule has 0 aromatic carbocycles. The molecular formula is C16H16Cl4N2O2. The monoisotopic (exact) mass is 408 g/mol. The fourth-order valence-corrected chi connectivity index (χ4v) is 2.95. The summed E-state index contributed by atoms with van der Waals surface area (Å²) in [5.74, 6) is 0.789. The number of aryl methyl sites for hydroxylation is 4. The molecule has 0 aliphatic rings. The number of halogens is 4. The van der Waals surface area contributed by atoms with Crippen molar-refractivity contribution in [2.75, 3.05) is 13.2 Å². The van der Waals surface area contributed by atoms with E-state index >= 15 is 0 Å². The van der Waals surface area contributed by atoms with E-state index in [1.807, 2.05) is 0 Å². The lowest BCUT2D eigenvalue weighted by atomic mass is 10.3. The van der Waals surface area contributed by atoms with Gasteiger partial charge in [-0.25, -0.2) is 0 Å². The Kier molecular flexibility index (Phi) is 6.43. The highest BCUT2D eigenvalue weighted by molar-refractivity contribution is 6.38. The van der Waals surface area contributed by atoms with Crippen molar-refractivity contribution in [1.29, 1.82) is 0 Å². The van der Waals surface area contributed by atoms with Gasteiger partial charge < -0.3 is 9.47 Å². The molecular weight excluding hydrogens is 394 g/mol. The van der Waals surface area contributed by atoms with E-state index in [2.05, 4.69) is 9.97 Å². The van der Waals surface area contributed by atoms with Crippen molar-refractivity contribution in [3.63, 3.8) is 0 Å². The average Bonchev–Trinajstić information content (AvgIpc) is 2.53. The van der Waals surface area contributed by atoms with E-state index in [1.54, 1.807) is 27.7 Å². The summed E-state index contributed by atoms with van der Waals surface area (Å²) in [5.41, 5.74) is 2.61. The molecule has 2 aromatic rings. The first kappa shape index (κ1) is 19.4. The van der Waals surface area contributed by atoms with Gasteiger partial charge in [0.05, 0.1) is 22.8 Å². The SMILES string of the molecule is Cc1nc(C)c(Cl)c(OCCOc2c(Cl)c(C)nc(C)c2Cl)c1Cl. The van der Waals surface area contributed by atoms with Crippen LogP contribution in [0.15, 0.2) is 0 Å². The van der Waals surface area contributed by atoms with Crippen molar-refractivity contribution in [3.8, 4) is 11.5 Å². The molecule has 130 valence electrons. The predicted octanol–water partition coefficient (Wildman–Crippen LogP) is 5.78. The van der Waals surface area contributed by atoms with Crippen LogP contribution in [-0.2, 0) is 0 Å². The summed E-state index contributed by atoms with van der Waals surface area (Å²) in [5, 5.41) is 1.55. The smallest absolute Gasteiger partial charge is 0.160 e. The van der Waals surface area contributed by atoms with Crippen LogP contribution in [0.4, 0.5) is 0 Å². The molecule has 0 atom stereocenters. The van der Waals surface area contributed by atoms with Gasteiger partial charge in [-0.05, 0) is 27.7 Å². The van der Waals surface area contributed by atoms with Crippen LogP contribution in [0.2, 0.25) is 20.1 Å². The van der Waals surface area contributed by atoms with Crippen LogP contribution in [0.25, 0.3) is 0 Å². The molecule has 0 saturated heterocycles. The molecule has 2 aromatic heterocycles. The van der Waals surface area contributed by atoms with Gasteiger partial charge in [0.15, 0.2) is 11.5 Å². The standard InChI is InChI=1S/C16H16Cl4N2O2/c1-7-11(17)15(12(18)8(2)21-7)23-5-6-24-16-13(19)9(3)22-10(4)14(16)20/h5-6H2,1-4H3. The Morgan fingerprint density at radius 3 is 1.08 bits per heavy atom. The third-order valence-electron chi connectivity index (χ3n) is 3.31. The minimum absolute atomic E-state index is 0.218. The first-order valence-corrected chi connectivity index (χ1v) is 8.65. The van der Waals surface area contributed by atoms with Crippen LogP contribution >= 0.6 is 46.4 Å². The molecule has 0 aliphatic heterocycles. The van der Waals surface area contributed by atoms with E-state index < -0.39 is 0 Å². The highest BCUT2D eigenvalue weighted by atomic mass is 35.5. The molecule has 0 unspecified atom stereocenters. The zero-order valence-corrected chi connectivity index (χ0v) is 16.7. The average molecular weight is 410 g/mol. The molecule has 8 heteroatoms. The number of aromatic nitrogens is 2. The van der Waals surface area contributed by atoms with E-state index in [-0.39, 0.29) is 13.2 Å². The van der Waals surface area contributed by atoms with Crippen LogP contribution < -0.4 is 9.47 Å². The normalized spacial score (nSPS) is 10.8. The van der Waals surface area contributed by atoms with Gasteiger partial charge in [-0.1, -0.05) is 46.4 Å². The number of ether oxygens (including phenoxy) is 2. The van der Waals surface area contributed by atoms with E-state index in [0.717, 1.165) is 0 Å². The maximum atomic E-state index is 6.20. The molecule has 24 heavy (non-hydrogen) atoms. The lowest BCUT2D eigenvalue weighted by molar-refractivity contribution is 0.217. The van der Waals surface area contributed by atoms with Gasteiger partial charge in [0.2, 0.25) is 0 Å². The van der Waals surface area contributed by atoms with Gasteiger partial charge in [0.25, 0.3) is 0 Å². The maximum Gasteiger partial charge on any atom is 0.160 e. The summed E-state index contributed by atoms with van der Waals surface area (Å²) in [6.45, 7) is 7.59. The summed E-state index contributed by atoms with van der Waals surface area (Å²) >= 11 is 24.8. The molecule has 0 radical (unpaired) electrons. The second kappa shape index (κ2) is 7.96. The summed E-state index contributed by atoms with van der Waals surface area (Å²) in [6, 6.07) is 0. The molecule has 0 saturated carbocycles. The topological polar surface area (TPSA) is 44.2 Å². The number of nitrogens with zero attached hydrogens (tertiary/aromatic N) is 2. The van der Waals surface area contributed by atoms with Crippen LogP contribution in [0.5, 0.6) is 11.5 Å². The summed E-state index contributed by atoms with van der Waals surface area (Å²) in [7, 11) is 0. The number of hydrogen-bond acceptors (Lipinski definition) is 4.